The summed E-state index contributed by atoms with van der Waals surface area (Å²) in [6.45, 7) is 8.09. The van der Waals surface area contributed by atoms with E-state index in [1.165, 1.54) is 44.9 Å². The highest BCUT2D eigenvalue weighted by Gasteiger charge is 2.46. The molecule has 0 aromatic rings. The monoisotopic (exact) mass is 252 g/mol. The van der Waals surface area contributed by atoms with Gasteiger partial charge in [-0.15, -0.1) is 0 Å². The molecule has 0 heterocycles. The number of nitrogens with two attached hydrogens (primary N) is 1. The molecule has 0 bridgehead atoms. The summed E-state index contributed by atoms with van der Waals surface area (Å²) in [5, 5.41) is 0. The van der Waals surface area contributed by atoms with Crippen molar-refractivity contribution in [1.82, 2.24) is 4.90 Å². The van der Waals surface area contributed by atoms with Gasteiger partial charge in [-0.05, 0) is 50.5 Å². The van der Waals surface area contributed by atoms with Gasteiger partial charge in [-0.25, -0.2) is 0 Å². The summed E-state index contributed by atoms with van der Waals surface area (Å²) >= 11 is 0. The molecule has 106 valence electrons. The maximum atomic E-state index is 6.25. The van der Waals surface area contributed by atoms with E-state index < -0.39 is 0 Å². The van der Waals surface area contributed by atoms with E-state index in [2.05, 4.69) is 32.7 Å². The van der Waals surface area contributed by atoms with Crippen LogP contribution in [0.5, 0.6) is 0 Å². The van der Waals surface area contributed by atoms with E-state index in [1.807, 2.05) is 0 Å². The molecule has 18 heavy (non-hydrogen) atoms. The van der Waals surface area contributed by atoms with Crippen LogP contribution in [0, 0.1) is 11.3 Å². The van der Waals surface area contributed by atoms with Crippen molar-refractivity contribution >= 4 is 0 Å². The normalized spacial score (nSPS) is 37.3. The zero-order chi connectivity index (χ0) is 13.4. The van der Waals surface area contributed by atoms with Gasteiger partial charge in [0.1, 0.15) is 0 Å². The summed E-state index contributed by atoms with van der Waals surface area (Å²) in [7, 11) is 2.34. The van der Waals surface area contributed by atoms with Gasteiger partial charge in [0.05, 0.1) is 0 Å². The maximum absolute atomic E-state index is 6.25. The molecule has 2 atom stereocenters. The lowest BCUT2D eigenvalue weighted by molar-refractivity contribution is -0.0185. The Kier molecular flexibility index (Phi) is 4.08. The Morgan fingerprint density at radius 3 is 2.28 bits per heavy atom. The fourth-order valence-electron chi connectivity index (χ4n) is 4.95. The molecule has 0 radical (unpaired) electrons. The molecule has 2 unspecified atom stereocenters. The summed E-state index contributed by atoms with van der Waals surface area (Å²) in [5.74, 6) is 0.807. The van der Waals surface area contributed by atoms with E-state index in [4.69, 9.17) is 5.73 Å². The Hall–Kier alpha value is -0.0800. The minimum atomic E-state index is 0.260. The second-order valence-electron chi connectivity index (χ2n) is 7.83. The highest BCUT2D eigenvalue weighted by atomic mass is 15.2. The summed E-state index contributed by atoms with van der Waals surface area (Å²) in [6.07, 6.45) is 9.50. The minimum Gasteiger partial charge on any atom is -0.329 e. The zero-order valence-electron chi connectivity index (χ0n) is 12.8. The molecule has 2 rings (SSSR count). The third-order valence-corrected chi connectivity index (χ3v) is 5.44. The van der Waals surface area contributed by atoms with Crippen LogP contribution in [0.3, 0.4) is 0 Å². The molecule has 2 aliphatic carbocycles. The first kappa shape index (κ1) is 14.3. The molecule has 0 amide bonds. The van der Waals surface area contributed by atoms with Crippen molar-refractivity contribution in [2.75, 3.05) is 13.6 Å². The molecule has 2 heteroatoms. The smallest absolute Gasteiger partial charge is 0.0339 e. The summed E-state index contributed by atoms with van der Waals surface area (Å²) in [4.78, 5) is 2.68. The lowest BCUT2D eigenvalue weighted by Crippen LogP contribution is -2.60. The number of hydrogen-bond acceptors (Lipinski definition) is 2. The predicted octanol–water partition coefficient (Wildman–Crippen LogP) is 3.40. The van der Waals surface area contributed by atoms with Crippen molar-refractivity contribution in [3.05, 3.63) is 0 Å². The van der Waals surface area contributed by atoms with Crippen LogP contribution in [0.1, 0.15) is 65.7 Å². The summed E-state index contributed by atoms with van der Waals surface area (Å²) < 4.78 is 0. The summed E-state index contributed by atoms with van der Waals surface area (Å²) in [5.41, 5.74) is 6.96. The largest absolute Gasteiger partial charge is 0.329 e. The molecular formula is C16H32N2. The van der Waals surface area contributed by atoms with Crippen LogP contribution in [0.4, 0.5) is 0 Å². The van der Waals surface area contributed by atoms with Gasteiger partial charge in [0, 0.05) is 18.1 Å². The van der Waals surface area contributed by atoms with Gasteiger partial charge < -0.3 is 5.73 Å². The minimum absolute atomic E-state index is 0.260. The fourth-order valence-corrected chi connectivity index (χ4v) is 4.95. The van der Waals surface area contributed by atoms with E-state index in [9.17, 15) is 0 Å². The highest BCUT2D eigenvalue weighted by Crippen LogP contribution is 2.47. The van der Waals surface area contributed by atoms with Crippen LogP contribution >= 0.6 is 0 Å². The lowest BCUT2D eigenvalue weighted by Gasteiger charge is -2.53. The molecule has 0 aromatic carbocycles. The fraction of sp³-hybridized carbons (Fsp3) is 1.00. The highest BCUT2D eigenvalue weighted by molar-refractivity contribution is 5.02. The molecular weight excluding hydrogens is 220 g/mol. The lowest BCUT2D eigenvalue weighted by atomic mass is 9.63. The summed E-state index contributed by atoms with van der Waals surface area (Å²) in [6, 6.07) is 0.787. The third kappa shape index (κ3) is 2.75. The Bertz CT molecular complexity index is 281. The van der Waals surface area contributed by atoms with Crippen LogP contribution in [0.2, 0.25) is 0 Å². The van der Waals surface area contributed by atoms with Crippen LogP contribution < -0.4 is 5.73 Å². The topological polar surface area (TPSA) is 29.3 Å². The van der Waals surface area contributed by atoms with Crippen molar-refractivity contribution < 1.29 is 0 Å². The van der Waals surface area contributed by atoms with Crippen molar-refractivity contribution in [3.63, 3.8) is 0 Å². The van der Waals surface area contributed by atoms with Gasteiger partial charge >= 0.3 is 0 Å². The molecule has 2 N–H and O–H groups in total. The molecule has 2 saturated carbocycles. The van der Waals surface area contributed by atoms with E-state index in [0.29, 0.717) is 5.41 Å². The molecule has 0 aliphatic heterocycles. The first-order valence-corrected chi connectivity index (χ1v) is 7.82. The Morgan fingerprint density at radius 2 is 1.78 bits per heavy atom. The van der Waals surface area contributed by atoms with Gasteiger partial charge in [-0.2, -0.15) is 0 Å². The number of rotatable bonds is 3. The molecule has 2 aliphatic rings. The molecule has 0 saturated heterocycles. The molecule has 0 aromatic heterocycles. The van der Waals surface area contributed by atoms with Crippen molar-refractivity contribution in [2.24, 2.45) is 17.1 Å². The second kappa shape index (κ2) is 5.13. The van der Waals surface area contributed by atoms with Crippen LogP contribution in [0.15, 0.2) is 0 Å². The Labute approximate surface area is 113 Å². The second-order valence-corrected chi connectivity index (χ2v) is 7.83. The molecule has 2 fully saturated rings. The average molecular weight is 252 g/mol. The van der Waals surface area contributed by atoms with E-state index >= 15 is 0 Å². The first-order chi connectivity index (χ1) is 8.38. The van der Waals surface area contributed by atoms with Crippen LogP contribution in [-0.4, -0.2) is 30.1 Å². The van der Waals surface area contributed by atoms with Gasteiger partial charge in [-0.3, -0.25) is 4.90 Å². The average Bonchev–Trinajstić information content (AvgIpc) is 2.78. The molecule has 0 spiro atoms. The van der Waals surface area contributed by atoms with Crippen LogP contribution in [0.25, 0.3) is 0 Å². The predicted molar refractivity (Wildman–Crippen MR) is 78.6 cm³/mol. The van der Waals surface area contributed by atoms with E-state index in [0.717, 1.165) is 18.5 Å². The Balaban J connectivity index is 2.17. The first-order valence-electron chi connectivity index (χ1n) is 7.82. The standard InChI is InChI=1S/C16H32N2/c1-13-9-15(2,3)11-16(10-13,12-17)18(4)14-7-5-6-8-14/h13-14H,5-12,17H2,1-4H3. The zero-order valence-corrected chi connectivity index (χ0v) is 12.8. The number of nitrogens with zero attached hydrogens (tertiary/aromatic N) is 1. The van der Waals surface area contributed by atoms with E-state index in [1.54, 1.807) is 0 Å². The quantitative estimate of drug-likeness (QED) is 0.834. The number of likely N-dealkylation sites (N-methyl/N-ethyl adjacent to an activating group) is 1. The molecule has 2 nitrogen and oxygen atoms in total. The SMILES string of the molecule is CC1CC(C)(C)CC(CN)(N(C)C2CCCC2)C1. The van der Waals surface area contributed by atoms with Gasteiger partial charge in [0.2, 0.25) is 0 Å². The van der Waals surface area contributed by atoms with Gasteiger partial charge in [0.15, 0.2) is 0 Å². The van der Waals surface area contributed by atoms with Crippen LogP contribution in [-0.2, 0) is 0 Å². The van der Waals surface area contributed by atoms with Gasteiger partial charge in [0.25, 0.3) is 0 Å². The maximum Gasteiger partial charge on any atom is 0.0339 e. The Morgan fingerprint density at radius 1 is 1.17 bits per heavy atom. The third-order valence-electron chi connectivity index (χ3n) is 5.44. The van der Waals surface area contributed by atoms with E-state index in [-0.39, 0.29) is 5.54 Å². The van der Waals surface area contributed by atoms with Crippen molar-refractivity contribution in [3.8, 4) is 0 Å². The van der Waals surface area contributed by atoms with Crippen molar-refractivity contribution in [1.29, 1.82) is 0 Å². The van der Waals surface area contributed by atoms with Crippen molar-refractivity contribution in [2.45, 2.75) is 77.3 Å². The van der Waals surface area contributed by atoms with Gasteiger partial charge in [-0.1, -0.05) is 33.6 Å². The number of hydrogen-bond donors (Lipinski definition) is 1.